The second-order valence-electron chi connectivity index (χ2n) is 5.60. The van der Waals surface area contributed by atoms with Gasteiger partial charge >= 0.3 is 13.6 Å². The summed E-state index contributed by atoms with van der Waals surface area (Å²) in [6.07, 6.45) is 0. The number of carbonyl (C=O) groups is 1. The molecule has 3 rings (SSSR count). The smallest absolute Gasteiger partial charge is 0.308 e. The summed E-state index contributed by atoms with van der Waals surface area (Å²) in [5.74, 6) is 0. The topological polar surface area (TPSA) is 82.3 Å². The third-order valence-electron chi connectivity index (χ3n) is 3.68. The van der Waals surface area contributed by atoms with E-state index in [1.807, 2.05) is 56.3 Å². The highest BCUT2D eigenvalue weighted by Gasteiger charge is 2.29. The first-order valence-electron chi connectivity index (χ1n) is 7.33. The standard InChI is InChI=1S/C16H19N4O2P/c1-11-7-8-14(12(2)9-11)18-16(21)20-23(22)17-10-13-5-3-4-6-15(13)19-23/h3-9H,10H2,1-2H3,(H4,17,18,19,20,21,22). The predicted molar refractivity (Wildman–Crippen MR) is 92.6 cm³/mol. The number of hydrogen-bond donors (Lipinski definition) is 4. The minimum Gasteiger partial charge on any atom is -0.308 e. The average Bonchev–Trinajstić information content (AvgIpc) is 2.49. The van der Waals surface area contributed by atoms with Gasteiger partial charge in [-0.05, 0) is 37.1 Å². The molecule has 1 atom stereocenters. The summed E-state index contributed by atoms with van der Waals surface area (Å²) < 4.78 is 12.7. The highest BCUT2D eigenvalue weighted by Crippen LogP contribution is 2.42. The highest BCUT2D eigenvalue weighted by atomic mass is 31.2. The molecule has 0 fully saturated rings. The zero-order valence-corrected chi connectivity index (χ0v) is 13.9. The minimum absolute atomic E-state index is 0.435. The molecule has 0 saturated heterocycles. The van der Waals surface area contributed by atoms with Crippen molar-refractivity contribution in [1.29, 1.82) is 0 Å². The number of para-hydroxylation sites is 1. The fourth-order valence-electron chi connectivity index (χ4n) is 2.50. The molecule has 6 nitrogen and oxygen atoms in total. The van der Waals surface area contributed by atoms with Crippen molar-refractivity contribution in [2.45, 2.75) is 20.4 Å². The number of benzene rings is 2. The number of aryl methyl sites for hydroxylation is 2. The van der Waals surface area contributed by atoms with Gasteiger partial charge in [0.25, 0.3) is 0 Å². The first kappa shape index (κ1) is 15.6. The van der Waals surface area contributed by atoms with Gasteiger partial charge in [0.05, 0.1) is 0 Å². The number of nitrogens with one attached hydrogen (secondary N) is 4. The average molecular weight is 330 g/mol. The molecule has 7 heteroatoms. The van der Waals surface area contributed by atoms with Crippen molar-refractivity contribution in [2.24, 2.45) is 0 Å². The molecule has 23 heavy (non-hydrogen) atoms. The van der Waals surface area contributed by atoms with Crippen LogP contribution in [0.3, 0.4) is 0 Å². The zero-order chi connectivity index (χ0) is 16.4. The number of urea groups is 1. The number of hydrogen-bond acceptors (Lipinski definition) is 2. The number of fused-ring (bicyclic) bond motifs is 1. The molecule has 2 amide bonds. The fourth-order valence-corrected chi connectivity index (χ4v) is 4.01. The number of anilines is 2. The van der Waals surface area contributed by atoms with E-state index in [-0.39, 0.29) is 0 Å². The van der Waals surface area contributed by atoms with E-state index in [1.54, 1.807) is 0 Å². The lowest BCUT2D eigenvalue weighted by atomic mass is 10.1. The molecular formula is C16H19N4O2P. The third kappa shape index (κ3) is 3.55. The van der Waals surface area contributed by atoms with Gasteiger partial charge in [0.2, 0.25) is 0 Å². The SMILES string of the molecule is Cc1ccc(NC(=O)NP2(=O)NCc3ccccc3N2)c(C)c1. The minimum atomic E-state index is -3.23. The van der Waals surface area contributed by atoms with E-state index >= 15 is 0 Å². The van der Waals surface area contributed by atoms with E-state index in [2.05, 4.69) is 20.6 Å². The van der Waals surface area contributed by atoms with Crippen molar-refractivity contribution >= 4 is 25.0 Å². The lowest BCUT2D eigenvalue weighted by Crippen LogP contribution is -2.36. The largest absolute Gasteiger partial charge is 0.331 e. The van der Waals surface area contributed by atoms with Crippen molar-refractivity contribution in [1.82, 2.24) is 10.2 Å². The molecular weight excluding hydrogens is 311 g/mol. The third-order valence-corrected chi connectivity index (χ3v) is 5.35. The number of rotatable bonds is 2. The van der Waals surface area contributed by atoms with Crippen LogP contribution in [0.15, 0.2) is 42.5 Å². The van der Waals surface area contributed by atoms with Gasteiger partial charge in [0, 0.05) is 17.9 Å². The lowest BCUT2D eigenvalue weighted by molar-refractivity contribution is 0.256. The van der Waals surface area contributed by atoms with Crippen LogP contribution in [0.25, 0.3) is 0 Å². The van der Waals surface area contributed by atoms with Crippen LogP contribution >= 0.6 is 7.59 Å². The summed E-state index contributed by atoms with van der Waals surface area (Å²) in [6.45, 7) is 4.34. The maximum atomic E-state index is 12.7. The Balaban J connectivity index is 1.69. The van der Waals surface area contributed by atoms with Crippen molar-refractivity contribution in [2.75, 3.05) is 10.4 Å². The normalized spacial score (nSPS) is 19.4. The van der Waals surface area contributed by atoms with Crippen molar-refractivity contribution in [3.05, 3.63) is 59.2 Å². The fraction of sp³-hybridized carbons (Fsp3) is 0.188. The van der Waals surface area contributed by atoms with Gasteiger partial charge in [-0.15, -0.1) is 0 Å². The van der Waals surface area contributed by atoms with Crippen molar-refractivity contribution in [3.8, 4) is 0 Å². The molecule has 1 heterocycles. The van der Waals surface area contributed by atoms with E-state index in [4.69, 9.17) is 0 Å². The van der Waals surface area contributed by atoms with Crippen LogP contribution in [-0.2, 0) is 11.1 Å². The molecule has 0 saturated carbocycles. The molecule has 0 aliphatic carbocycles. The Labute approximate surface area is 135 Å². The Morgan fingerprint density at radius 2 is 1.96 bits per heavy atom. The van der Waals surface area contributed by atoms with Crippen LogP contribution < -0.4 is 20.6 Å². The van der Waals surface area contributed by atoms with Gasteiger partial charge in [0.15, 0.2) is 0 Å². The Hall–Kier alpha value is -2.30. The first-order chi connectivity index (χ1) is 11.0. The summed E-state index contributed by atoms with van der Waals surface area (Å²) in [7, 11) is -3.23. The monoisotopic (exact) mass is 330 g/mol. The molecule has 1 aliphatic rings. The van der Waals surface area contributed by atoms with Gasteiger partial charge in [-0.25, -0.2) is 9.88 Å². The number of carbonyl (C=O) groups excluding carboxylic acids is 1. The molecule has 0 spiro atoms. The second-order valence-corrected chi connectivity index (χ2v) is 7.58. The van der Waals surface area contributed by atoms with Gasteiger partial charge in [-0.1, -0.05) is 35.9 Å². The van der Waals surface area contributed by atoms with Crippen LogP contribution in [0.1, 0.15) is 16.7 Å². The molecule has 120 valence electrons. The maximum Gasteiger partial charge on any atom is 0.331 e. The van der Waals surface area contributed by atoms with Gasteiger partial charge < -0.3 is 10.4 Å². The van der Waals surface area contributed by atoms with E-state index in [0.717, 1.165) is 22.4 Å². The van der Waals surface area contributed by atoms with Crippen molar-refractivity contribution in [3.63, 3.8) is 0 Å². The Morgan fingerprint density at radius 3 is 2.74 bits per heavy atom. The lowest BCUT2D eigenvalue weighted by Gasteiger charge is -2.28. The van der Waals surface area contributed by atoms with E-state index in [0.29, 0.717) is 12.2 Å². The Bertz CT molecular complexity index is 806. The predicted octanol–water partition coefficient (Wildman–Crippen LogP) is 3.75. The molecule has 1 unspecified atom stereocenters. The van der Waals surface area contributed by atoms with Crippen LogP contribution in [0.5, 0.6) is 0 Å². The zero-order valence-electron chi connectivity index (χ0n) is 13.0. The van der Waals surface area contributed by atoms with Crippen LogP contribution in [0.2, 0.25) is 0 Å². The number of amides is 2. The van der Waals surface area contributed by atoms with Gasteiger partial charge in [-0.2, -0.15) is 0 Å². The summed E-state index contributed by atoms with van der Waals surface area (Å²) in [6, 6.07) is 12.8. The first-order valence-corrected chi connectivity index (χ1v) is 9.04. The summed E-state index contributed by atoms with van der Waals surface area (Å²) in [5.41, 5.74) is 4.54. The second kappa shape index (κ2) is 6.07. The van der Waals surface area contributed by atoms with Gasteiger partial charge in [-0.3, -0.25) is 9.65 Å². The summed E-state index contributed by atoms with van der Waals surface area (Å²) >= 11 is 0. The Morgan fingerprint density at radius 1 is 1.17 bits per heavy atom. The van der Waals surface area contributed by atoms with Crippen LogP contribution in [-0.4, -0.2) is 6.03 Å². The van der Waals surface area contributed by atoms with Crippen LogP contribution in [0, 0.1) is 13.8 Å². The van der Waals surface area contributed by atoms with Crippen LogP contribution in [0.4, 0.5) is 16.2 Å². The van der Waals surface area contributed by atoms with E-state index in [9.17, 15) is 9.36 Å². The molecule has 0 aromatic heterocycles. The summed E-state index contributed by atoms with van der Waals surface area (Å²) in [5, 5.41) is 11.0. The molecule has 4 N–H and O–H groups in total. The van der Waals surface area contributed by atoms with Crippen molar-refractivity contribution < 1.29 is 9.36 Å². The van der Waals surface area contributed by atoms with E-state index < -0.39 is 13.6 Å². The molecule has 2 aromatic rings. The Kier molecular flexibility index (Phi) is 4.11. The molecule has 0 radical (unpaired) electrons. The van der Waals surface area contributed by atoms with Gasteiger partial charge in [0.1, 0.15) is 0 Å². The highest BCUT2D eigenvalue weighted by molar-refractivity contribution is 7.62. The summed E-state index contributed by atoms with van der Waals surface area (Å²) in [4.78, 5) is 12.2. The molecule has 2 aromatic carbocycles. The molecule has 0 bridgehead atoms. The maximum absolute atomic E-state index is 12.7. The quantitative estimate of drug-likeness (QED) is 0.632. The molecule has 1 aliphatic heterocycles. The van der Waals surface area contributed by atoms with E-state index in [1.165, 1.54) is 0 Å².